The van der Waals surface area contributed by atoms with E-state index in [1.807, 2.05) is 12.1 Å². The number of fused-ring (bicyclic) bond motifs is 1. The van der Waals surface area contributed by atoms with Crippen LogP contribution in [0.15, 0.2) is 36.4 Å². The standard InChI is InChI=1S/C16H17BrF2O/c1-11-6-7-12-4-2-3-5-13(12)16(11)14(17)8-9-20-10-15(18)19/h2-7,14-15H,8-10H2,1H3. The molecule has 0 aliphatic heterocycles. The van der Waals surface area contributed by atoms with Gasteiger partial charge in [0.15, 0.2) is 0 Å². The van der Waals surface area contributed by atoms with Crippen LogP contribution in [0, 0.1) is 6.92 Å². The van der Waals surface area contributed by atoms with Crippen LogP contribution in [-0.2, 0) is 4.74 Å². The van der Waals surface area contributed by atoms with E-state index in [-0.39, 0.29) is 4.83 Å². The molecule has 0 bridgehead atoms. The number of rotatable bonds is 6. The van der Waals surface area contributed by atoms with Crippen molar-refractivity contribution < 1.29 is 13.5 Å². The first-order valence-electron chi connectivity index (χ1n) is 6.58. The molecule has 0 heterocycles. The van der Waals surface area contributed by atoms with Crippen molar-refractivity contribution in [2.45, 2.75) is 24.6 Å². The highest BCUT2D eigenvalue weighted by Gasteiger charge is 2.14. The molecule has 0 aliphatic carbocycles. The smallest absolute Gasteiger partial charge is 0.261 e. The molecule has 2 rings (SSSR count). The van der Waals surface area contributed by atoms with E-state index in [0.29, 0.717) is 13.0 Å². The molecule has 0 aromatic heterocycles. The van der Waals surface area contributed by atoms with Crippen LogP contribution < -0.4 is 0 Å². The van der Waals surface area contributed by atoms with Crippen LogP contribution in [0.25, 0.3) is 10.8 Å². The Balaban J connectivity index is 2.13. The summed E-state index contributed by atoms with van der Waals surface area (Å²) in [6.45, 7) is 1.90. The van der Waals surface area contributed by atoms with Crippen molar-refractivity contribution in [2.24, 2.45) is 0 Å². The van der Waals surface area contributed by atoms with Gasteiger partial charge in [-0.2, -0.15) is 0 Å². The van der Waals surface area contributed by atoms with E-state index in [9.17, 15) is 8.78 Å². The molecule has 4 heteroatoms. The second-order valence-electron chi connectivity index (χ2n) is 4.74. The van der Waals surface area contributed by atoms with Gasteiger partial charge in [0.1, 0.15) is 6.61 Å². The number of alkyl halides is 3. The molecule has 0 saturated carbocycles. The number of ether oxygens (including phenoxy) is 1. The third-order valence-electron chi connectivity index (χ3n) is 3.26. The Morgan fingerprint density at radius 1 is 1.15 bits per heavy atom. The highest BCUT2D eigenvalue weighted by Crippen LogP contribution is 2.34. The first kappa shape index (κ1) is 15.4. The van der Waals surface area contributed by atoms with Crippen molar-refractivity contribution >= 4 is 26.7 Å². The highest BCUT2D eigenvalue weighted by molar-refractivity contribution is 9.09. The summed E-state index contributed by atoms with van der Waals surface area (Å²) in [6.07, 6.45) is -1.73. The second kappa shape index (κ2) is 7.14. The van der Waals surface area contributed by atoms with Gasteiger partial charge in [-0.25, -0.2) is 8.78 Å². The number of hydrogen-bond acceptors (Lipinski definition) is 1. The van der Waals surface area contributed by atoms with Crippen LogP contribution in [-0.4, -0.2) is 19.6 Å². The predicted octanol–water partition coefficient (Wildman–Crippen LogP) is 5.26. The molecule has 2 aromatic rings. The molecule has 0 spiro atoms. The summed E-state index contributed by atoms with van der Waals surface area (Å²) in [5.74, 6) is 0. The number of halogens is 3. The number of hydrogen-bond donors (Lipinski definition) is 0. The third-order valence-corrected chi connectivity index (χ3v) is 4.18. The summed E-state index contributed by atoms with van der Waals surface area (Å²) in [6, 6.07) is 12.4. The summed E-state index contributed by atoms with van der Waals surface area (Å²) in [7, 11) is 0. The van der Waals surface area contributed by atoms with E-state index in [1.165, 1.54) is 21.9 Å². The molecule has 1 nitrogen and oxygen atoms in total. The maximum atomic E-state index is 12.0. The normalized spacial score (nSPS) is 13.1. The topological polar surface area (TPSA) is 9.23 Å². The highest BCUT2D eigenvalue weighted by atomic mass is 79.9. The lowest BCUT2D eigenvalue weighted by Gasteiger charge is -2.16. The molecule has 20 heavy (non-hydrogen) atoms. The van der Waals surface area contributed by atoms with Crippen LogP contribution in [0.2, 0.25) is 0 Å². The summed E-state index contributed by atoms with van der Waals surface area (Å²) in [5.41, 5.74) is 2.41. The lowest BCUT2D eigenvalue weighted by Crippen LogP contribution is -2.07. The maximum absolute atomic E-state index is 12.0. The van der Waals surface area contributed by atoms with Crippen LogP contribution in [0.4, 0.5) is 8.78 Å². The molecular weight excluding hydrogens is 326 g/mol. The summed E-state index contributed by atoms with van der Waals surface area (Å²) >= 11 is 3.66. The van der Waals surface area contributed by atoms with Gasteiger partial charge < -0.3 is 4.74 Å². The SMILES string of the molecule is Cc1ccc2ccccc2c1C(Br)CCOCC(F)F. The molecule has 0 aliphatic rings. The molecule has 0 amide bonds. The van der Waals surface area contributed by atoms with Gasteiger partial charge in [0.2, 0.25) is 0 Å². The summed E-state index contributed by atoms with van der Waals surface area (Å²) in [4.78, 5) is 0.103. The molecule has 2 aromatic carbocycles. The van der Waals surface area contributed by atoms with Gasteiger partial charge in [0.05, 0.1) is 0 Å². The lowest BCUT2D eigenvalue weighted by atomic mass is 9.96. The largest absolute Gasteiger partial charge is 0.375 e. The van der Waals surface area contributed by atoms with E-state index >= 15 is 0 Å². The molecule has 0 radical (unpaired) electrons. The minimum absolute atomic E-state index is 0.103. The van der Waals surface area contributed by atoms with Crippen molar-refractivity contribution in [3.8, 4) is 0 Å². The van der Waals surface area contributed by atoms with Crippen LogP contribution in [0.5, 0.6) is 0 Å². The predicted molar refractivity (Wildman–Crippen MR) is 81.8 cm³/mol. The van der Waals surface area contributed by atoms with Crippen molar-refractivity contribution in [1.82, 2.24) is 0 Å². The van der Waals surface area contributed by atoms with E-state index in [1.54, 1.807) is 0 Å². The minimum atomic E-state index is -2.40. The zero-order valence-electron chi connectivity index (χ0n) is 11.3. The van der Waals surface area contributed by atoms with E-state index < -0.39 is 13.0 Å². The Kier molecular flexibility index (Phi) is 5.49. The van der Waals surface area contributed by atoms with Crippen LogP contribution in [0.3, 0.4) is 0 Å². The van der Waals surface area contributed by atoms with Crippen molar-refractivity contribution in [1.29, 1.82) is 0 Å². The second-order valence-corrected chi connectivity index (χ2v) is 5.84. The Hall–Kier alpha value is -1.00. The molecule has 0 saturated heterocycles. The van der Waals surface area contributed by atoms with Crippen molar-refractivity contribution in [2.75, 3.05) is 13.2 Å². The Morgan fingerprint density at radius 2 is 1.90 bits per heavy atom. The van der Waals surface area contributed by atoms with Gasteiger partial charge in [-0.1, -0.05) is 52.3 Å². The Morgan fingerprint density at radius 3 is 2.65 bits per heavy atom. The quantitative estimate of drug-likeness (QED) is 0.514. The van der Waals surface area contributed by atoms with E-state index in [0.717, 1.165) is 0 Å². The van der Waals surface area contributed by atoms with Crippen molar-refractivity contribution in [3.05, 3.63) is 47.5 Å². The summed E-state index contributed by atoms with van der Waals surface area (Å²) < 4.78 is 29.0. The van der Waals surface area contributed by atoms with E-state index in [2.05, 4.69) is 47.1 Å². The fourth-order valence-electron chi connectivity index (χ4n) is 2.32. The fourth-order valence-corrected chi connectivity index (χ4v) is 3.12. The van der Waals surface area contributed by atoms with Gasteiger partial charge in [-0.05, 0) is 35.2 Å². The van der Waals surface area contributed by atoms with Gasteiger partial charge in [-0.15, -0.1) is 0 Å². The number of aryl methyl sites for hydroxylation is 1. The van der Waals surface area contributed by atoms with Gasteiger partial charge in [0.25, 0.3) is 6.43 Å². The summed E-state index contributed by atoms with van der Waals surface area (Å²) in [5, 5.41) is 2.38. The maximum Gasteiger partial charge on any atom is 0.261 e. The van der Waals surface area contributed by atoms with Crippen LogP contribution >= 0.6 is 15.9 Å². The Bertz CT molecular complexity index is 571. The average molecular weight is 343 g/mol. The number of benzene rings is 2. The Labute approximate surface area is 126 Å². The third kappa shape index (κ3) is 3.76. The minimum Gasteiger partial charge on any atom is -0.375 e. The molecule has 0 fully saturated rings. The van der Waals surface area contributed by atoms with Crippen LogP contribution in [0.1, 0.15) is 22.4 Å². The zero-order valence-corrected chi connectivity index (χ0v) is 12.9. The van der Waals surface area contributed by atoms with Gasteiger partial charge >= 0.3 is 0 Å². The molecule has 1 atom stereocenters. The molecule has 1 unspecified atom stereocenters. The molecule has 0 N–H and O–H groups in total. The van der Waals surface area contributed by atoms with Gasteiger partial charge in [-0.3, -0.25) is 0 Å². The molecular formula is C16H17BrF2O. The fraction of sp³-hybridized carbons (Fsp3) is 0.375. The van der Waals surface area contributed by atoms with E-state index in [4.69, 9.17) is 4.74 Å². The first-order valence-corrected chi connectivity index (χ1v) is 7.49. The van der Waals surface area contributed by atoms with Crippen molar-refractivity contribution in [3.63, 3.8) is 0 Å². The van der Waals surface area contributed by atoms with Gasteiger partial charge in [0, 0.05) is 11.4 Å². The lowest BCUT2D eigenvalue weighted by molar-refractivity contribution is 0.0167. The molecule has 108 valence electrons. The monoisotopic (exact) mass is 342 g/mol. The average Bonchev–Trinajstić information content (AvgIpc) is 2.43. The first-order chi connectivity index (χ1) is 9.59. The zero-order chi connectivity index (χ0) is 14.5.